The molecule has 43 heavy (non-hydrogen) atoms. The summed E-state index contributed by atoms with van der Waals surface area (Å²) < 4.78 is 34.3. The Balaban J connectivity index is 1.47. The summed E-state index contributed by atoms with van der Waals surface area (Å²) in [5.41, 5.74) is 1.61. The average molecular weight is 598 g/mol. The van der Waals surface area contributed by atoms with Gasteiger partial charge in [0.25, 0.3) is 0 Å². The normalized spacial score (nSPS) is 22.4. The van der Waals surface area contributed by atoms with Gasteiger partial charge >= 0.3 is 0 Å². The Morgan fingerprint density at radius 1 is 1.12 bits per heavy atom. The van der Waals surface area contributed by atoms with Gasteiger partial charge in [0.15, 0.2) is 0 Å². The maximum atomic E-state index is 14.9. The van der Waals surface area contributed by atoms with Gasteiger partial charge in [0, 0.05) is 37.3 Å². The van der Waals surface area contributed by atoms with Crippen LogP contribution in [0, 0.1) is 17.0 Å². The van der Waals surface area contributed by atoms with Crippen LogP contribution in [0.25, 0.3) is 0 Å². The summed E-state index contributed by atoms with van der Waals surface area (Å²) >= 11 is 0. The lowest BCUT2D eigenvalue weighted by Gasteiger charge is -2.46. The quantitative estimate of drug-likeness (QED) is 0.454. The molecule has 232 valence electrons. The number of nitrogens with zero attached hydrogens (tertiary/aromatic N) is 2. The van der Waals surface area contributed by atoms with Crippen molar-refractivity contribution in [2.75, 3.05) is 31.6 Å². The zero-order valence-corrected chi connectivity index (χ0v) is 25.4. The standard InChI is InChI=1S/C32H41F2N5O4/c1-6-22(35-5)29(40)37-28(32(2,3)4)31(42)39-16-20-13-18-9-7-8-10-24(18)38(20)17-25(39)30(41)36-23-11-12-43-26-15-19(33)14-21(34)27(23)26/h7-10,14-15,20,22-23,25,28,35H,6,11-13,16-17H2,1-5H3,(H,36,41)(H,37,40)/t20-,22-,23+,25-,28+/m0/s1. The van der Waals surface area contributed by atoms with E-state index in [1.165, 1.54) is 0 Å². The molecule has 0 aromatic heterocycles. The number of hydrogen-bond donors (Lipinski definition) is 3. The molecule has 3 heterocycles. The van der Waals surface area contributed by atoms with Gasteiger partial charge in [0.1, 0.15) is 29.5 Å². The number of benzene rings is 2. The molecule has 11 heteroatoms. The van der Waals surface area contributed by atoms with Gasteiger partial charge in [-0.2, -0.15) is 0 Å². The first-order chi connectivity index (χ1) is 20.4. The van der Waals surface area contributed by atoms with Crippen molar-refractivity contribution in [3.05, 3.63) is 59.2 Å². The molecule has 3 amide bonds. The van der Waals surface area contributed by atoms with Crippen molar-refractivity contribution in [1.82, 2.24) is 20.9 Å². The molecule has 5 atom stereocenters. The number of hydrogen-bond acceptors (Lipinski definition) is 6. The monoisotopic (exact) mass is 597 g/mol. The fourth-order valence-electron chi connectivity index (χ4n) is 6.48. The van der Waals surface area contributed by atoms with Crippen molar-refractivity contribution in [1.29, 1.82) is 0 Å². The van der Waals surface area contributed by atoms with E-state index in [1.807, 2.05) is 45.9 Å². The van der Waals surface area contributed by atoms with E-state index in [0.29, 0.717) is 12.8 Å². The van der Waals surface area contributed by atoms with Crippen LogP contribution in [0.4, 0.5) is 14.5 Å². The molecule has 0 spiro atoms. The highest BCUT2D eigenvalue weighted by Crippen LogP contribution is 2.38. The van der Waals surface area contributed by atoms with E-state index in [2.05, 4.69) is 26.9 Å². The number of ether oxygens (including phenoxy) is 1. The summed E-state index contributed by atoms with van der Waals surface area (Å²) in [6.45, 7) is 8.23. The van der Waals surface area contributed by atoms with E-state index in [-0.39, 0.29) is 48.9 Å². The van der Waals surface area contributed by atoms with E-state index in [9.17, 15) is 23.2 Å². The van der Waals surface area contributed by atoms with Gasteiger partial charge in [0.05, 0.1) is 30.3 Å². The molecule has 0 bridgehead atoms. The smallest absolute Gasteiger partial charge is 0.246 e. The Morgan fingerprint density at radius 3 is 2.56 bits per heavy atom. The largest absolute Gasteiger partial charge is 0.493 e. The number of carbonyl (C=O) groups excluding carboxylic acids is 3. The molecular formula is C32H41F2N5O4. The summed E-state index contributed by atoms with van der Waals surface area (Å²) in [5, 5.41) is 8.89. The number of piperazine rings is 1. The first-order valence-electron chi connectivity index (χ1n) is 15.0. The maximum absolute atomic E-state index is 14.9. The number of amides is 3. The molecule has 3 N–H and O–H groups in total. The minimum absolute atomic E-state index is 0.0355. The number of carbonyl (C=O) groups is 3. The van der Waals surface area contributed by atoms with Gasteiger partial charge in [-0.15, -0.1) is 0 Å². The number of anilines is 1. The van der Waals surface area contributed by atoms with Gasteiger partial charge in [0.2, 0.25) is 17.7 Å². The minimum Gasteiger partial charge on any atom is -0.493 e. The predicted octanol–water partition coefficient (Wildman–Crippen LogP) is 3.08. The third-order valence-corrected chi connectivity index (χ3v) is 8.79. The van der Waals surface area contributed by atoms with Crippen LogP contribution < -0.4 is 25.6 Å². The zero-order valence-electron chi connectivity index (χ0n) is 25.4. The molecule has 5 rings (SSSR count). The SMILES string of the molecule is CC[C@H](NC)C(=O)N[C@H](C(=O)N1C[C@@H]2Cc3ccccc3N2C[C@H]1C(=O)N[C@@H]1CCOc2cc(F)cc(F)c21)C(C)(C)C. The molecule has 0 radical (unpaired) electrons. The van der Waals surface area contributed by atoms with Crippen LogP contribution >= 0.6 is 0 Å². The van der Waals surface area contributed by atoms with E-state index in [1.54, 1.807) is 11.9 Å². The number of halogens is 2. The maximum Gasteiger partial charge on any atom is 0.246 e. The van der Waals surface area contributed by atoms with E-state index < -0.39 is 47.1 Å². The Morgan fingerprint density at radius 2 is 1.86 bits per heavy atom. The van der Waals surface area contributed by atoms with E-state index in [4.69, 9.17) is 4.74 Å². The molecule has 0 aliphatic carbocycles. The summed E-state index contributed by atoms with van der Waals surface area (Å²) in [6.07, 6.45) is 1.56. The third-order valence-electron chi connectivity index (χ3n) is 8.79. The van der Waals surface area contributed by atoms with Crippen molar-refractivity contribution >= 4 is 23.4 Å². The number of para-hydroxylation sites is 1. The second-order valence-corrected chi connectivity index (χ2v) is 12.7. The molecule has 3 aliphatic heterocycles. The summed E-state index contributed by atoms with van der Waals surface area (Å²) in [4.78, 5) is 45.4. The lowest BCUT2D eigenvalue weighted by Crippen LogP contribution is -2.68. The second kappa shape index (κ2) is 12.1. The van der Waals surface area contributed by atoms with Crippen LogP contribution in [0.15, 0.2) is 36.4 Å². The molecule has 3 aliphatic rings. The molecule has 9 nitrogen and oxygen atoms in total. The van der Waals surface area contributed by atoms with E-state index >= 15 is 0 Å². The van der Waals surface area contributed by atoms with Crippen molar-refractivity contribution in [3.8, 4) is 5.75 Å². The highest BCUT2D eigenvalue weighted by molar-refractivity contribution is 5.94. The molecule has 0 unspecified atom stereocenters. The first-order valence-corrected chi connectivity index (χ1v) is 15.0. The number of rotatable bonds is 7. The average Bonchev–Trinajstić information content (AvgIpc) is 3.32. The Labute approximate surface area is 251 Å². The van der Waals surface area contributed by atoms with Gasteiger partial charge in [-0.1, -0.05) is 45.9 Å². The van der Waals surface area contributed by atoms with Gasteiger partial charge in [-0.05, 0) is 36.9 Å². The van der Waals surface area contributed by atoms with Crippen LogP contribution in [0.3, 0.4) is 0 Å². The molecular weight excluding hydrogens is 556 g/mol. The van der Waals surface area contributed by atoms with Gasteiger partial charge in [-0.25, -0.2) is 8.78 Å². The highest BCUT2D eigenvalue weighted by atomic mass is 19.1. The molecule has 1 fully saturated rings. The van der Waals surface area contributed by atoms with Crippen LogP contribution in [0.2, 0.25) is 0 Å². The first kappa shape index (κ1) is 30.7. The van der Waals surface area contributed by atoms with Crippen LogP contribution in [0.1, 0.15) is 57.7 Å². The fraction of sp³-hybridized carbons (Fsp3) is 0.531. The summed E-state index contributed by atoms with van der Waals surface area (Å²) in [5.74, 6) is -2.57. The van der Waals surface area contributed by atoms with Crippen molar-refractivity contribution in [3.63, 3.8) is 0 Å². The highest BCUT2D eigenvalue weighted by Gasteiger charge is 2.47. The molecule has 2 aromatic rings. The van der Waals surface area contributed by atoms with Gasteiger partial charge in [-0.3, -0.25) is 14.4 Å². The molecule has 2 aromatic carbocycles. The van der Waals surface area contributed by atoms with E-state index in [0.717, 1.165) is 29.8 Å². The van der Waals surface area contributed by atoms with Crippen molar-refractivity contribution in [2.45, 2.75) is 77.2 Å². The fourth-order valence-corrected chi connectivity index (χ4v) is 6.48. The van der Waals surface area contributed by atoms with Gasteiger partial charge < -0.3 is 30.5 Å². The lowest BCUT2D eigenvalue weighted by molar-refractivity contribution is -0.147. The topological polar surface area (TPSA) is 103 Å². The Kier molecular flexibility index (Phi) is 8.65. The summed E-state index contributed by atoms with van der Waals surface area (Å²) in [7, 11) is 1.70. The number of likely N-dealkylation sites (N-methyl/N-ethyl adjacent to an activating group) is 1. The second-order valence-electron chi connectivity index (χ2n) is 12.7. The lowest BCUT2D eigenvalue weighted by atomic mass is 9.84. The van der Waals surface area contributed by atoms with Crippen LogP contribution in [-0.4, -0.2) is 73.5 Å². The predicted molar refractivity (Wildman–Crippen MR) is 159 cm³/mol. The summed E-state index contributed by atoms with van der Waals surface area (Å²) in [6, 6.07) is 6.82. The zero-order chi connectivity index (χ0) is 31.1. The van der Waals surface area contributed by atoms with Crippen LogP contribution in [0.5, 0.6) is 5.75 Å². The van der Waals surface area contributed by atoms with Crippen molar-refractivity contribution < 1.29 is 27.9 Å². The molecule has 1 saturated heterocycles. The number of fused-ring (bicyclic) bond motifs is 4. The third kappa shape index (κ3) is 6.04. The number of nitrogens with one attached hydrogen (secondary N) is 3. The minimum atomic E-state index is -0.919. The Hall–Kier alpha value is -3.73. The van der Waals surface area contributed by atoms with Crippen molar-refractivity contribution in [2.24, 2.45) is 5.41 Å². The molecule has 0 saturated carbocycles. The Bertz CT molecular complexity index is 1390. The van der Waals surface area contributed by atoms with Crippen LogP contribution in [-0.2, 0) is 20.8 Å².